The number of anilines is 1. The SMILES string of the molecule is Cc1cc(C=Nc2ccccc2N(C)Cc2cc(Cl)cc(Cl)c2O)c(O)c(C23CC4CC(CC(C4)C2)C3)c1.[CH2-]c1ccccc1.[CH2-]c1ccccc1.[Zr]. The van der Waals surface area contributed by atoms with E-state index in [9.17, 15) is 10.2 Å². The summed E-state index contributed by atoms with van der Waals surface area (Å²) in [4.78, 5) is 6.85. The number of aromatic hydroxyl groups is 2. The van der Waals surface area contributed by atoms with Crippen LogP contribution in [0, 0.1) is 38.5 Å². The van der Waals surface area contributed by atoms with Crippen molar-refractivity contribution in [2.24, 2.45) is 22.7 Å². The predicted molar refractivity (Wildman–Crippen MR) is 218 cm³/mol. The van der Waals surface area contributed by atoms with Crippen LogP contribution < -0.4 is 4.90 Å². The molecule has 4 saturated carbocycles. The Morgan fingerprint density at radius 1 is 0.755 bits per heavy atom. The largest absolute Gasteiger partial charge is 0.507 e. The molecule has 4 fully saturated rings. The van der Waals surface area contributed by atoms with Gasteiger partial charge in [0.05, 0.1) is 16.4 Å². The second-order valence-electron chi connectivity index (χ2n) is 14.9. The normalized spacial score (nSPS) is 20.8. The number of nitrogens with zero attached hydrogens (tertiary/aromatic N) is 2. The molecular formula is C46H48Cl2N2O2Zr-2. The minimum atomic E-state index is 0. The summed E-state index contributed by atoms with van der Waals surface area (Å²) in [5.41, 5.74) is 7.64. The molecule has 0 unspecified atom stereocenters. The van der Waals surface area contributed by atoms with Gasteiger partial charge in [0.1, 0.15) is 11.5 Å². The van der Waals surface area contributed by atoms with Crippen LogP contribution in [0.2, 0.25) is 10.0 Å². The molecule has 0 spiro atoms. The number of hydrogen-bond donors (Lipinski definition) is 2. The van der Waals surface area contributed by atoms with Gasteiger partial charge in [-0.25, -0.2) is 0 Å². The van der Waals surface area contributed by atoms with Crippen LogP contribution in [0.5, 0.6) is 11.5 Å². The molecule has 4 nitrogen and oxygen atoms in total. The summed E-state index contributed by atoms with van der Waals surface area (Å²) in [6.07, 6.45) is 9.56. The molecule has 53 heavy (non-hydrogen) atoms. The summed E-state index contributed by atoms with van der Waals surface area (Å²) in [6, 6.07) is 35.1. The fraction of sp³-hybridized carbons (Fsp3) is 0.283. The van der Waals surface area contributed by atoms with E-state index >= 15 is 0 Å². The molecule has 9 rings (SSSR count). The minimum Gasteiger partial charge on any atom is -0.507 e. The molecule has 4 aliphatic rings. The molecule has 7 heteroatoms. The Balaban J connectivity index is 0.000000301. The van der Waals surface area contributed by atoms with Crippen LogP contribution in [-0.2, 0) is 38.2 Å². The van der Waals surface area contributed by atoms with Gasteiger partial charge in [-0.05, 0) is 105 Å². The molecule has 5 aromatic carbocycles. The van der Waals surface area contributed by atoms with Crippen molar-refractivity contribution in [3.05, 3.63) is 166 Å². The average molecular weight is 823 g/mol. The van der Waals surface area contributed by atoms with E-state index < -0.39 is 0 Å². The maximum atomic E-state index is 11.6. The maximum Gasteiger partial charge on any atom is 0.139 e. The van der Waals surface area contributed by atoms with Gasteiger partial charge in [0.25, 0.3) is 0 Å². The number of hydrogen-bond acceptors (Lipinski definition) is 4. The molecule has 0 aromatic heterocycles. The number of aliphatic imine (C=N–C) groups is 1. The number of rotatable bonds is 6. The second-order valence-corrected chi connectivity index (χ2v) is 15.8. The van der Waals surface area contributed by atoms with Crippen LogP contribution in [0.4, 0.5) is 11.4 Å². The predicted octanol–water partition coefficient (Wildman–Crippen LogP) is 12.3. The Morgan fingerprint density at radius 3 is 1.81 bits per heavy atom. The van der Waals surface area contributed by atoms with Crippen LogP contribution >= 0.6 is 23.2 Å². The fourth-order valence-corrected chi connectivity index (χ4v) is 9.36. The number of aryl methyl sites for hydroxylation is 1. The van der Waals surface area contributed by atoms with Gasteiger partial charge in [-0.15, -0.1) is 24.3 Å². The monoisotopic (exact) mass is 820 g/mol. The first-order valence-corrected chi connectivity index (χ1v) is 18.8. The minimum absolute atomic E-state index is 0. The van der Waals surface area contributed by atoms with E-state index in [1.54, 1.807) is 12.3 Å². The first-order valence-electron chi connectivity index (χ1n) is 18.1. The Hall–Kier alpha value is -3.63. The summed E-state index contributed by atoms with van der Waals surface area (Å²) < 4.78 is 0. The van der Waals surface area contributed by atoms with Gasteiger partial charge in [-0.1, -0.05) is 53.5 Å². The van der Waals surface area contributed by atoms with E-state index in [0.29, 0.717) is 22.9 Å². The van der Waals surface area contributed by atoms with E-state index in [0.717, 1.165) is 56.9 Å². The third-order valence-electron chi connectivity index (χ3n) is 10.7. The van der Waals surface area contributed by atoms with E-state index in [4.69, 9.17) is 28.2 Å². The van der Waals surface area contributed by atoms with E-state index in [1.807, 2.05) is 103 Å². The quantitative estimate of drug-likeness (QED) is 0.132. The summed E-state index contributed by atoms with van der Waals surface area (Å²) in [6.45, 7) is 9.96. The standard InChI is InChI=1S/C32H34Cl2N2O2.2C7H7.Zr/c1-19-7-23(30(37)26(8-19)32-14-20-9-21(15-32)11-22(10-20)16-32)17-35-28-5-3-4-6-29(28)36(2)18-24-12-25(33)13-27(34)31(24)38;2*1-7-5-3-2-4-6-7;/h3-8,12-13,17,20-22,37-38H,9-11,14-16,18H2,1-2H3;2*2-6H,1H2;/q;2*-1;. The Labute approximate surface area is 345 Å². The van der Waals surface area contributed by atoms with Gasteiger partial charge >= 0.3 is 0 Å². The van der Waals surface area contributed by atoms with Gasteiger partial charge in [0.2, 0.25) is 0 Å². The molecule has 0 heterocycles. The first-order chi connectivity index (χ1) is 25.0. The molecule has 274 valence electrons. The molecular weight excluding hydrogens is 775 g/mol. The Kier molecular flexibility index (Phi) is 13.9. The van der Waals surface area contributed by atoms with Crippen molar-refractivity contribution in [3.63, 3.8) is 0 Å². The molecule has 0 atom stereocenters. The summed E-state index contributed by atoms with van der Waals surface area (Å²) in [7, 11) is 1.94. The molecule has 0 amide bonds. The van der Waals surface area contributed by atoms with Crippen molar-refractivity contribution in [1.82, 2.24) is 0 Å². The van der Waals surface area contributed by atoms with Crippen LogP contribution in [-0.4, -0.2) is 23.5 Å². The first kappa shape index (κ1) is 40.6. The Morgan fingerprint density at radius 2 is 1.28 bits per heavy atom. The van der Waals surface area contributed by atoms with Crippen molar-refractivity contribution in [2.45, 2.75) is 57.4 Å². The van der Waals surface area contributed by atoms with Crippen LogP contribution in [0.25, 0.3) is 0 Å². The summed E-state index contributed by atoms with van der Waals surface area (Å²) >= 11 is 12.3. The Bertz CT molecular complexity index is 1930. The molecule has 5 aromatic rings. The van der Waals surface area contributed by atoms with Crippen LogP contribution in [0.3, 0.4) is 0 Å². The van der Waals surface area contributed by atoms with Crippen molar-refractivity contribution >= 4 is 40.8 Å². The summed E-state index contributed by atoms with van der Waals surface area (Å²) in [5, 5.41) is 22.7. The number of para-hydroxylation sites is 2. The third-order valence-corrected chi connectivity index (χ3v) is 11.2. The van der Waals surface area contributed by atoms with Crippen molar-refractivity contribution in [2.75, 3.05) is 11.9 Å². The number of benzene rings is 5. The molecule has 0 radical (unpaired) electrons. The zero-order chi connectivity index (χ0) is 36.8. The molecule has 2 N–H and O–H groups in total. The maximum absolute atomic E-state index is 11.6. The second kappa shape index (κ2) is 18.1. The zero-order valence-electron chi connectivity index (χ0n) is 30.6. The van der Waals surface area contributed by atoms with Gasteiger partial charge in [0, 0.05) is 67.7 Å². The molecule has 4 aliphatic carbocycles. The van der Waals surface area contributed by atoms with E-state index in [-0.39, 0.29) is 42.4 Å². The smallest absolute Gasteiger partial charge is 0.139 e. The zero-order valence-corrected chi connectivity index (χ0v) is 34.6. The van der Waals surface area contributed by atoms with E-state index in [2.05, 4.69) is 26.8 Å². The van der Waals surface area contributed by atoms with Gasteiger partial charge < -0.3 is 15.1 Å². The van der Waals surface area contributed by atoms with Crippen LogP contribution in [0.15, 0.2) is 114 Å². The number of halogens is 2. The molecule has 0 aliphatic heterocycles. The van der Waals surface area contributed by atoms with Gasteiger partial charge in [-0.2, -0.15) is 49.2 Å². The van der Waals surface area contributed by atoms with Crippen LogP contribution in [0.1, 0.15) is 71.9 Å². The average Bonchev–Trinajstić information content (AvgIpc) is 3.11. The summed E-state index contributed by atoms with van der Waals surface area (Å²) in [5.74, 6) is 2.87. The number of phenols is 2. The van der Waals surface area contributed by atoms with Crippen molar-refractivity contribution in [3.8, 4) is 11.5 Å². The van der Waals surface area contributed by atoms with Crippen molar-refractivity contribution in [1.29, 1.82) is 0 Å². The van der Waals surface area contributed by atoms with Crippen molar-refractivity contribution < 1.29 is 36.4 Å². The van der Waals surface area contributed by atoms with Gasteiger partial charge in [0.15, 0.2) is 0 Å². The molecule has 0 saturated heterocycles. The third kappa shape index (κ3) is 10.1. The topological polar surface area (TPSA) is 56.1 Å². The molecule has 4 bridgehead atoms. The fourth-order valence-electron chi connectivity index (χ4n) is 8.82. The number of phenolic OH excluding ortho intramolecular Hbond substituents is 2. The van der Waals surface area contributed by atoms with Gasteiger partial charge in [-0.3, -0.25) is 4.99 Å². The van der Waals surface area contributed by atoms with E-state index in [1.165, 1.54) is 44.6 Å².